The molecule has 4 nitrogen and oxygen atoms in total. The molecule has 0 aromatic carbocycles. The molecule has 0 aliphatic rings. The summed E-state index contributed by atoms with van der Waals surface area (Å²) in [5.41, 5.74) is 6.95. The van der Waals surface area contributed by atoms with E-state index < -0.39 is 0 Å². The van der Waals surface area contributed by atoms with Crippen LogP contribution in [0.25, 0.3) is 0 Å². The molecule has 1 aromatic rings. The minimum Gasteiger partial charge on any atom is -0.474 e. The van der Waals surface area contributed by atoms with Gasteiger partial charge in [-0.3, -0.25) is 4.98 Å². The molecule has 0 amide bonds. The van der Waals surface area contributed by atoms with Crippen LogP contribution in [0.15, 0.2) is 12.4 Å². The molecule has 1 unspecified atom stereocenters. The fourth-order valence-electron chi connectivity index (χ4n) is 1.74. The van der Waals surface area contributed by atoms with Gasteiger partial charge in [0.15, 0.2) is 0 Å². The maximum atomic E-state index is 6.05. The molecule has 0 bridgehead atoms. The Labute approximate surface area is 104 Å². The van der Waals surface area contributed by atoms with Gasteiger partial charge in [0.2, 0.25) is 5.88 Å². The highest BCUT2D eigenvalue weighted by Crippen LogP contribution is 2.11. The zero-order valence-corrected chi connectivity index (χ0v) is 11.2. The third-order valence-corrected chi connectivity index (χ3v) is 2.26. The second kappa shape index (κ2) is 6.55. The second-order valence-electron chi connectivity index (χ2n) is 5.11. The lowest BCUT2D eigenvalue weighted by molar-refractivity contribution is 0.230. The van der Waals surface area contributed by atoms with Crippen LogP contribution in [0.4, 0.5) is 0 Å². The van der Waals surface area contributed by atoms with E-state index >= 15 is 0 Å². The SMILES string of the molecule is CC(C)CC(N)Cc1cncc(OC(C)C)n1. The molecule has 1 heterocycles. The van der Waals surface area contributed by atoms with Gasteiger partial charge in [0.05, 0.1) is 18.0 Å². The van der Waals surface area contributed by atoms with Crippen molar-refractivity contribution in [3.05, 3.63) is 18.1 Å². The summed E-state index contributed by atoms with van der Waals surface area (Å²) in [6.45, 7) is 8.28. The smallest absolute Gasteiger partial charge is 0.232 e. The van der Waals surface area contributed by atoms with Gasteiger partial charge in [-0.1, -0.05) is 13.8 Å². The van der Waals surface area contributed by atoms with Gasteiger partial charge in [0.25, 0.3) is 0 Å². The lowest BCUT2D eigenvalue weighted by Crippen LogP contribution is -2.25. The molecule has 17 heavy (non-hydrogen) atoms. The Bertz CT molecular complexity index is 339. The van der Waals surface area contributed by atoms with E-state index in [0.29, 0.717) is 11.8 Å². The molecular formula is C13H23N3O. The van der Waals surface area contributed by atoms with Gasteiger partial charge in [0, 0.05) is 18.7 Å². The minimum absolute atomic E-state index is 0.115. The van der Waals surface area contributed by atoms with Gasteiger partial charge in [-0.2, -0.15) is 0 Å². The highest BCUT2D eigenvalue weighted by molar-refractivity contribution is 5.09. The molecule has 0 radical (unpaired) electrons. The van der Waals surface area contributed by atoms with Crippen LogP contribution in [-0.4, -0.2) is 22.1 Å². The molecule has 1 rings (SSSR count). The first-order valence-electron chi connectivity index (χ1n) is 6.20. The summed E-state index contributed by atoms with van der Waals surface area (Å²) in [4.78, 5) is 8.52. The molecule has 96 valence electrons. The third kappa shape index (κ3) is 5.63. The van der Waals surface area contributed by atoms with Crippen LogP contribution in [0.2, 0.25) is 0 Å². The topological polar surface area (TPSA) is 61.0 Å². The summed E-state index contributed by atoms with van der Waals surface area (Å²) >= 11 is 0. The van der Waals surface area contributed by atoms with Crippen molar-refractivity contribution in [2.75, 3.05) is 0 Å². The zero-order chi connectivity index (χ0) is 12.8. The number of aromatic nitrogens is 2. The van der Waals surface area contributed by atoms with Gasteiger partial charge in [-0.15, -0.1) is 0 Å². The van der Waals surface area contributed by atoms with Crippen molar-refractivity contribution < 1.29 is 4.74 Å². The predicted octanol–water partition coefficient (Wildman–Crippen LogP) is 2.18. The first-order chi connectivity index (χ1) is 7.97. The average Bonchev–Trinajstić information content (AvgIpc) is 2.14. The molecule has 4 heteroatoms. The quantitative estimate of drug-likeness (QED) is 0.823. The Balaban J connectivity index is 2.59. The van der Waals surface area contributed by atoms with E-state index in [0.717, 1.165) is 18.5 Å². The number of rotatable bonds is 6. The van der Waals surface area contributed by atoms with Gasteiger partial charge < -0.3 is 10.5 Å². The molecule has 0 aliphatic carbocycles. The van der Waals surface area contributed by atoms with Crippen LogP contribution in [0.5, 0.6) is 5.88 Å². The summed E-state index contributed by atoms with van der Waals surface area (Å²) in [6.07, 6.45) is 5.26. The van der Waals surface area contributed by atoms with E-state index in [2.05, 4.69) is 23.8 Å². The number of hydrogen-bond donors (Lipinski definition) is 1. The Morgan fingerprint density at radius 2 is 1.94 bits per heavy atom. The monoisotopic (exact) mass is 237 g/mol. The first-order valence-corrected chi connectivity index (χ1v) is 6.20. The van der Waals surface area contributed by atoms with Crippen molar-refractivity contribution in [3.63, 3.8) is 0 Å². The summed E-state index contributed by atoms with van der Waals surface area (Å²) < 4.78 is 5.50. The first kappa shape index (κ1) is 13.9. The third-order valence-electron chi connectivity index (χ3n) is 2.26. The number of nitrogens with zero attached hydrogens (tertiary/aromatic N) is 2. The maximum Gasteiger partial charge on any atom is 0.232 e. The summed E-state index contributed by atoms with van der Waals surface area (Å²) in [7, 11) is 0. The molecule has 0 aliphatic heterocycles. The zero-order valence-electron chi connectivity index (χ0n) is 11.2. The summed E-state index contributed by atoms with van der Waals surface area (Å²) in [5, 5.41) is 0. The Morgan fingerprint density at radius 1 is 1.24 bits per heavy atom. The van der Waals surface area contributed by atoms with E-state index in [1.165, 1.54) is 0 Å². The van der Waals surface area contributed by atoms with Gasteiger partial charge >= 0.3 is 0 Å². The highest BCUT2D eigenvalue weighted by atomic mass is 16.5. The summed E-state index contributed by atoms with van der Waals surface area (Å²) in [6, 6.07) is 0.138. The molecule has 1 aromatic heterocycles. The van der Waals surface area contributed by atoms with E-state index in [1.807, 2.05) is 13.8 Å². The van der Waals surface area contributed by atoms with Crippen LogP contribution in [0.1, 0.15) is 39.8 Å². The second-order valence-corrected chi connectivity index (χ2v) is 5.11. The predicted molar refractivity (Wildman–Crippen MR) is 68.9 cm³/mol. The Kier molecular flexibility index (Phi) is 5.35. The molecule has 1 atom stereocenters. The molecule has 0 saturated carbocycles. The van der Waals surface area contributed by atoms with Crippen molar-refractivity contribution in [2.45, 2.75) is 52.7 Å². The number of nitrogens with two attached hydrogens (primary N) is 1. The largest absolute Gasteiger partial charge is 0.474 e. The average molecular weight is 237 g/mol. The van der Waals surface area contributed by atoms with Crippen LogP contribution in [0.3, 0.4) is 0 Å². The normalized spacial score (nSPS) is 13.1. The van der Waals surface area contributed by atoms with E-state index in [4.69, 9.17) is 10.5 Å². The van der Waals surface area contributed by atoms with Crippen LogP contribution >= 0.6 is 0 Å². The highest BCUT2D eigenvalue weighted by Gasteiger charge is 2.09. The van der Waals surface area contributed by atoms with Crippen LogP contribution in [0, 0.1) is 5.92 Å². The van der Waals surface area contributed by atoms with Crippen molar-refractivity contribution >= 4 is 0 Å². The van der Waals surface area contributed by atoms with Crippen molar-refractivity contribution in [1.29, 1.82) is 0 Å². The molecule has 0 spiro atoms. The lowest BCUT2D eigenvalue weighted by Gasteiger charge is -2.14. The van der Waals surface area contributed by atoms with Crippen molar-refractivity contribution in [2.24, 2.45) is 11.7 Å². The molecule has 0 saturated heterocycles. The number of ether oxygens (including phenoxy) is 1. The fraction of sp³-hybridized carbons (Fsp3) is 0.692. The van der Waals surface area contributed by atoms with E-state index in [1.54, 1.807) is 12.4 Å². The minimum atomic E-state index is 0.115. The Hall–Kier alpha value is -1.16. The van der Waals surface area contributed by atoms with E-state index in [9.17, 15) is 0 Å². The molecular weight excluding hydrogens is 214 g/mol. The van der Waals surface area contributed by atoms with Crippen molar-refractivity contribution in [3.8, 4) is 5.88 Å². The fourth-order valence-corrected chi connectivity index (χ4v) is 1.74. The molecule has 0 fully saturated rings. The van der Waals surface area contributed by atoms with Gasteiger partial charge in [0.1, 0.15) is 0 Å². The molecule has 2 N–H and O–H groups in total. The standard InChI is InChI=1S/C13H23N3O/c1-9(2)5-11(14)6-12-7-15-8-13(16-12)17-10(3)4/h7-11H,5-6,14H2,1-4H3. The summed E-state index contributed by atoms with van der Waals surface area (Å²) in [5.74, 6) is 1.18. The van der Waals surface area contributed by atoms with Gasteiger partial charge in [-0.25, -0.2) is 4.98 Å². The van der Waals surface area contributed by atoms with Crippen LogP contribution in [-0.2, 0) is 6.42 Å². The van der Waals surface area contributed by atoms with Gasteiger partial charge in [-0.05, 0) is 26.2 Å². The number of hydrogen-bond acceptors (Lipinski definition) is 4. The Morgan fingerprint density at radius 3 is 2.53 bits per heavy atom. The van der Waals surface area contributed by atoms with E-state index in [-0.39, 0.29) is 12.1 Å². The van der Waals surface area contributed by atoms with Crippen molar-refractivity contribution in [1.82, 2.24) is 9.97 Å². The van der Waals surface area contributed by atoms with Crippen LogP contribution < -0.4 is 10.5 Å². The lowest BCUT2D eigenvalue weighted by atomic mass is 10.0. The maximum absolute atomic E-state index is 6.05.